The molecule has 0 saturated heterocycles. The maximum Gasteiger partial charge on any atom is 0.306 e. The first kappa shape index (κ1) is 15.0. The molecule has 0 aliphatic heterocycles. The van der Waals surface area contributed by atoms with Gasteiger partial charge in [0.25, 0.3) is 0 Å². The lowest BCUT2D eigenvalue weighted by Crippen LogP contribution is -2.22. The lowest BCUT2D eigenvalue weighted by molar-refractivity contribution is -0.140. The molecule has 0 heterocycles. The minimum absolute atomic E-state index is 0.0479. The number of methoxy groups -OCH3 is 1. The van der Waals surface area contributed by atoms with Gasteiger partial charge in [0.05, 0.1) is 13.5 Å². The van der Waals surface area contributed by atoms with E-state index >= 15 is 0 Å². The Labute approximate surface area is 113 Å². The predicted molar refractivity (Wildman–Crippen MR) is 70.6 cm³/mol. The minimum Gasteiger partial charge on any atom is -0.479 e. The molecule has 0 amide bonds. The number of nitriles is 1. The number of carbonyl (C=O) groups is 1. The number of rotatable bonds is 7. The summed E-state index contributed by atoms with van der Waals surface area (Å²) in [6, 6.07) is 9.57. The molecule has 0 bridgehead atoms. The van der Waals surface area contributed by atoms with Gasteiger partial charge in [-0.2, -0.15) is 5.26 Å². The van der Waals surface area contributed by atoms with Crippen LogP contribution in [0, 0.1) is 11.3 Å². The molecule has 0 radical (unpaired) electrons. The standard InChI is InChI=1S/C14H18N2O3/c1-11(16-9-7-14(17)18-2)12-3-5-13(6-4-12)19-10-8-15/h3-6,11,16H,7,9-10H2,1-2H3. The number of nitrogens with one attached hydrogen (secondary N) is 1. The number of esters is 1. The molecule has 0 fully saturated rings. The third-order valence-electron chi connectivity index (χ3n) is 2.69. The van der Waals surface area contributed by atoms with Crippen molar-refractivity contribution in [3.63, 3.8) is 0 Å². The first-order valence-corrected chi connectivity index (χ1v) is 6.07. The average Bonchev–Trinajstić information content (AvgIpc) is 2.45. The van der Waals surface area contributed by atoms with Crippen molar-refractivity contribution in [2.75, 3.05) is 20.3 Å². The smallest absolute Gasteiger partial charge is 0.306 e. The quantitative estimate of drug-likeness (QED) is 0.759. The van der Waals surface area contributed by atoms with Gasteiger partial charge in [-0.05, 0) is 24.6 Å². The molecule has 5 nitrogen and oxygen atoms in total. The maximum atomic E-state index is 11.0. The maximum absolute atomic E-state index is 11.0. The van der Waals surface area contributed by atoms with Crippen molar-refractivity contribution in [1.29, 1.82) is 5.26 Å². The fraction of sp³-hybridized carbons (Fsp3) is 0.429. The van der Waals surface area contributed by atoms with E-state index in [1.54, 1.807) is 0 Å². The molecule has 19 heavy (non-hydrogen) atoms. The summed E-state index contributed by atoms with van der Waals surface area (Å²) in [5.41, 5.74) is 1.09. The number of hydrogen-bond donors (Lipinski definition) is 1. The molecular weight excluding hydrogens is 244 g/mol. The van der Waals surface area contributed by atoms with Crippen LogP contribution in [-0.2, 0) is 9.53 Å². The predicted octanol–water partition coefficient (Wildman–Crippen LogP) is 1.80. The normalized spacial score (nSPS) is 11.4. The minimum atomic E-state index is -0.222. The van der Waals surface area contributed by atoms with Crippen molar-refractivity contribution in [3.8, 4) is 11.8 Å². The van der Waals surface area contributed by atoms with Crippen LogP contribution in [-0.4, -0.2) is 26.2 Å². The van der Waals surface area contributed by atoms with Gasteiger partial charge in [0.15, 0.2) is 6.61 Å². The van der Waals surface area contributed by atoms with Gasteiger partial charge < -0.3 is 14.8 Å². The first-order chi connectivity index (χ1) is 9.17. The van der Waals surface area contributed by atoms with Gasteiger partial charge in [-0.3, -0.25) is 4.79 Å². The van der Waals surface area contributed by atoms with Crippen molar-refractivity contribution >= 4 is 5.97 Å². The van der Waals surface area contributed by atoms with E-state index in [1.165, 1.54) is 7.11 Å². The van der Waals surface area contributed by atoms with Gasteiger partial charge in [0, 0.05) is 12.6 Å². The van der Waals surface area contributed by atoms with E-state index in [9.17, 15) is 4.79 Å². The zero-order chi connectivity index (χ0) is 14.1. The SMILES string of the molecule is COC(=O)CCNC(C)c1ccc(OCC#N)cc1. The average molecular weight is 262 g/mol. The van der Waals surface area contributed by atoms with Crippen LogP contribution in [0.3, 0.4) is 0 Å². The highest BCUT2D eigenvalue weighted by molar-refractivity contribution is 5.69. The monoisotopic (exact) mass is 262 g/mol. The summed E-state index contributed by atoms with van der Waals surface area (Å²) < 4.78 is 9.74. The molecule has 0 aromatic heterocycles. The van der Waals surface area contributed by atoms with Crippen molar-refractivity contribution in [2.24, 2.45) is 0 Å². The molecule has 5 heteroatoms. The van der Waals surface area contributed by atoms with Gasteiger partial charge in [-0.15, -0.1) is 0 Å². The van der Waals surface area contributed by atoms with Crippen LogP contribution < -0.4 is 10.1 Å². The lowest BCUT2D eigenvalue weighted by Gasteiger charge is -2.14. The largest absolute Gasteiger partial charge is 0.479 e. The third kappa shape index (κ3) is 5.40. The highest BCUT2D eigenvalue weighted by atomic mass is 16.5. The van der Waals surface area contributed by atoms with Crippen molar-refractivity contribution in [2.45, 2.75) is 19.4 Å². The van der Waals surface area contributed by atoms with E-state index < -0.39 is 0 Å². The fourth-order valence-electron chi connectivity index (χ4n) is 1.58. The Morgan fingerprint density at radius 1 is 1.42 bits per heavy atom. The van der Waals surface area contributed by atoms with Crippen molar-refractivity contribution in [3.05, 3.63) is 29.8 Å². The Morgan fingerprint density at radius 2 is 2.11 bits per heavy atom. The van der Waals surface area contributed by atoms with Crippen LogP contribution in [0.2, 0.25) is 0 Å². The van der Waals surface area contributed by atoms with Crippen molar-refractivity contribution in [1.82, 2.24) is 5.32 Å². The molecule has 0 aliphatic rings. The van der Waals surface area contributed by atoms with Crippen LogP contribution >= 0.6 is 0 Å². The van der Waals surface area contributed by atoms with Crippen LogP contribution in [0.25, 0.3) is 0 Å². The van der Waals surface area contributed by atoms with Crippen LogP contribution in [0.15, 0.2) is 24.3 Å². The molecule has 0 spiro atoms. The van der Waals surface area contributed by atoms with Gasteiger partial charge in [0.1, 0.15) is 11.8 Å². The second-order valence-corrected chi connectivity index (χ2v) is 4.02. The summed E-state index contributed by atoms with van der Waals surface area (Å²) in [7, 11) is 1.38. The molecule has 1 aromatic rings. The Kier molecular flexibility index (Phi) is 6.41. The third-order valence-corrected chi connectivity index (χ3v) is 2.69. The van der Waals surface area contributed by atoms with Crippen LogP contribution in [0.4, 0.5) is 0 Å². The molecule has 0 aliphatic carbocycles. The highest BCUT2D eigenvalue weighted by Gasteiger charge is 2.06. The van der Waals surface area contributed by atoms with E-state index in [0.717, 1.165) is 5.56 Å². The number of benzene rings is 1. The molecule has 1 unspecified atom stereocenters. The van der Waals surface area contributed by atoms with Crippen LogP contribution in [0.1, 0.15) is 24.9 Å². The molecule has 1 N–H and O–H groups in total. The highest BCUT2D eigenvalue weighted by Crippen LogP contribution is 2.17. The Morgan fingerprint density at radius 3 is 2.68 bits per heavy atom. The van der Waals surface area contributed by atoms with E-state index in [4.69, 9.17) is 10.00 Å². The second kappa shape index (κ2) is 8.11. The Balaban J connectivity index is 2.42. The summed E-state index contributed by atoms with van der Waals surface area (Å²) in [4.78, 5) is 11.0. The molecule has 1 atom stereocenters. The number of hydrogen-bond acceptors (Lipinski definition) is 5. The van der Waals surface area contributed by atoms with Crippen LogP contribution in [0.5, 0.6) is 5.75 Å². The second-order valence-electron chi connectivity index (χ2n) is 4.02. The molecule has 0 saturated carbocycles. The Bertz CT molecular complexity index is 437. The molecular formula is C14H18N2O3. The molecule has 102 valence electrons. The topological polar surface area (TPSA) is 71.3 Å². The van der Waals surface area contributed by atoms with Gasteiger partial charge in [-0.1, -0.05) is 12.1 Å². The first-order valence-electron chi connectivity index (χ1n) is 6.07. The van der Waals surface area contributed by atoms with Crippen molar-refractivity contribution < 1.29 is 14.3 Å². The number of ether oxygens (including phenoxy) is 2. The zero-order valence-corrected chi connectivity index (χ0v) is 11.2. The number of nitrogens with zero attached hydrogens (tertiary/aromatic N) is 1. The van der Waals surface area contributed by atoms with Gasteiger partial charge in [-0.25, -0.2) is 0 Å². The number of carbonyl (C=O) groups excluding carboxylic acids is 1. The summed E-state index contributed by atoms with van der Waals surface area (Å²) in [5, 5.41) is 11.6. The van der Waals surface area contributed by atoms with E-state index in [2.05, 4.69) is 10.1 Å². The van der Waals surface area contributed by atoms with Gasteiger partial charge >= 0.3 is 5.97 Å². The summed E-state index contributed by atoms with van der Waals surface area (Å²) >= 11 is 0. The van der Waals surface area contributed by atoms with E-state index in [1.807, 2.05) is 37.3 Å². The summed E-state index contributed by atoms with van der Waals surface area (Å²) in [6.45, 7) is 2.63. The van der Waals surface area contributed by atoms with Gasteiger partial charge in [0.2, 0.25) is 0 Å². The van der Waals surface area contributed by atoms with E-state index in [-0.39, 0.29) is 18.6 Å². The molecule has 1 rings (SSSR count). The van der Waals surface area contributed by atoms with E-state index in [0.29, 0.717) is 18.7 Å². The summed E-state index contributed by atoms with van der Waals surface area (Å²) in [6.07, 6.45) is 0.351. The fourth-order valence-corrected chi connectivity index (χ4v) is 1.58. The lowest BCUT2D eigenvalue weighted by atomic mass is 10.1. The Hall–Kier alpha value is -2.06. The molecule has 1 aromatic carbocycles. The zero-order valence-electron chi connectivity index (χ0n) is 11.2. The summed E-state index contributed by atoms with van der Waals surface area (Å²) in [5.74, 6) is 0.451.